The molecule has 3 nitrogen and oxygen atoms in total. The van der Waals surface area contributed by atoms with Gasteiger partial charge in [-0.3, -0.25) is 0 Å². The van der Waals surface area contributed by atoms with Gasteiger partial charge in [0.25, 0.3) is 0 Å². The number of ether oxygens (including phenoxy) is 1. The number of hydrogen-bond acceptors (Lipinski definition) is 3. The molecule has 0 aliphatic carbocycles. The smallest absolute Gasteiger partial charge is 0.146 e. The SMILES string of the molecule is Cc1ccc(Cl)c(Oc2ccc(C#N)c(N)c2)c1. The minimum atomic E-state index is 0.388. The van der Waals surface area contributed by atoms with Gasteiger partial charge in [0.2, 0.25) is 0 Å². The number of benzene rings is 2. The van der Waals surface area contributed by atoms with Crippen LogP contribution in [0.3, 0.4) is 0 Å². The van der Waals surface area contributed by atoms with Gasteiger partial charge in [-0.25, -0.2) is 0 Å². The van der Waals surface area contributed by atoms with Crippen molar-refractivity contribution < 1.29 is 4.74 Å². The minimum Gasteiger partial charge on any atom is -0.456 e. The molecule has 18 heavy (non-hydrogen) atoms. The summed E-state index contributed by atoms with van der Waals surface area (Å²) in [7, 11) is 0. The van der Waals surface area contributed by atoms with Crippen molar-refractivity contribution in [3.63, 3.8) is 0 Å². The van der Waals surface area contributed by atoms with Crippen molar-refractivity contribution in [3.05, 3.63) is 52.5 Å². The number of aryl methyl sites for hydroxylation is 1. The van der Waals surface area contributed by atoms with E-state index in [1.165, 1.54) is 0 Å². The van der Waals surface area contributed by atoms with E-state index >= 15 is 0 Å². The second kappa shape index (κ2) is 4.99. The molecule has 0 saturated heterocycles. The van der Waals surface area contributed by atoms with Gasteiger partial charge in [0.15, 0.2) is 0 Å². The Kier molecular flexibility index (Phi) is 3.40. The minimum absolute atomic E-state index is 0.388. The van der Waals surface area contributed by atoms with Crippen LogP contribution in [0.2, 0.25) is 5.02 Å². The Morgan fingerprint density at radius 3 is 2.67 bits per heavy atom. The number of nitrogens with two attached hydrogens (primary N) is 1. The molecule has 90 valence electrons. The highest BCUT2D eigenvalue weighted by atomic mass is 35.5. The predicted molar refractivity (Wildman–Crippen MR) is 71.8 cm³/mol. The van der Waals surface area contributed by atoms with Crippen LogP contribution >= 0.6 is 11.6 Å². The van der Waals surface area contributed by atoms with Crippen LogP contribution in [0.4, 0.5) is 5.69 Å². The molecule has 2 aromatic rings. The summed E-state index contributed by atoms with van der Waals surface area (Å²) in [4.78, 5) is 0. The van der Waals surface area contributed by atoms with Gasteiger partial charge in [0.05, 0.1) is 16.3 Å². The molecule has 2 aromatic carbocycles. The fourth-order valence-corrected chi connectivity index (χ4v) is 1.68. The largest absolute Gasteiger partial charge is 0.456 e. The molecule has 0 radical (unpaired) electrons. The van der Waals surface area contributed by atoms with Gasteiger partial charge in [-0.05, 0) is 36.8 Å². The first kappa shape index (κ1) is 12.3. The van der Waals surface area contributed by atoms with Crippen molar-refractivity contribution in [1.82, 2.24) is 0 Å². The number of halogens is 1. The topological polar surface area (TPSA) is 59.0 Å². The highest BCUT2D eigenvalue weighted by Crippen LogP contribution is 2.31. The molecule has 0 bridgehead atoms. The normalized spacial score (nSPS) is 9.83. The molecular formula is C14H11ClN2O. The monoisotopic (exact) mass is 258 g/mol. The van der Waals surface area contributed by atoms with E-state index in [1.807, 2.05) is 25.1 Å². The van der Waals surface area contributed by atoms with Crippen molar-refractivity contribution >= 4 is 17.3 Å². The first-order valence-electron chi connectivity index (χ1n) is 5.34. The summed E-state index contributed by atoms with van der Waals surface area (Å²) in [6, 6.07) is 12.4. The molecule has 4 heteroatoms. The van der Waals surface area contributed by atoms with E-state index < -0.39 is 0 Å². The summed E-state index contributed by atoms with van der Waals surface area (Å²) in [6.07, 6.45) is 0. The number of nitrogen functional groups attached to an aromatic ring is 1. The van der Waals surface area contributed by atoms with Crippen LogP contribution in [0.15, 0.2) is 36.4 Å². The summed E-state index contributed by atoms with van der Waals surface area (Å²) in [5.74, 6) is 1.12. The third kappa shape index (κ3) is 2.55. The van der Waals surface area contributed by atoms with Crippen molar-refractivity contribution in [2.45, 2.75) is 6.92 Å². The molecule has 0 heterocycles. The highest BCUT2D eigenvalue weighted by molar-refractivity contribution is 6.32. The number of hydrogen-bond donors (Lipinski definition) is 1. The zero-order valence-corrected chi connectivity index (χ0v) is 10.5. The van der Waals surface area contributed by atoms with E-state index in [4.69, 9.17) is 27.3 Å². The maximum Gasteiger partial charge on any atom is 0.146 e. The molecule has 2 rings (SSSR count). The third-order valence-corrected chi connectivity index (χ3v) is 2.77. The van der Waals surface area contributed by atoms with E-state index in [0.717, 1.165) is 5.56 Å². The molecule has 2 N–H and O–H groups in total. The second-order valence-corrected chi connectivity index (χ2v) is 4.30. The number of nitriles is 1. The van der Waals surface area contributed by atoms with E-state index in [0.29, 0.717) is 27.8 Å². The van der Waals surface area contributed by atoms with Crippen LogP contribution < -0.4 is 10.5 Å². The zero-order chi connectivity index (χ0) is 13.1. The average molecular weight is 259 g/mol. The van der Waals surface area contributed by atoms with E-state index in [-0.39, 0.29) is 0 Å². The lowest BCUT2D eigenvalue weighted by Crippen LogP contribution is -1.92. The van der Waals surface area contributed by atoms with E-state index in [2.05, 4.69) is 0 Å². The fraction of sp³-hybridized carbons (Fsp3) is 0.0714. The van der Waals surface area contributed by atoms with Crippen LogP contribution in [0.25, 0.3) is 0 Å². The van der Waals surface area contributed by atoms with Gasteiger partial charge in [0, 0.05) is 6.07 Å². The zero-order valence-electron chi connectivity index (χ0n) is 9.77. The van der Waals surface area contributed by atoms with Gasteiger partial charge >= 0.3 is 0 Å². The Hall–Kier alpha value is -2.18. The van der Waals surface area contributed by atoms with Gasteiger partial charge in [-0.15, -0.1) is 0 Å². The quantitative estimate of drug-likeness (QED) is 0.831. The molecule has 0 unspecified atom stereocenters. The Morgan fingerprint density at radius 2 is 2.00 bits per heavy atom. The predicted octanol–water partition coefficient (Wildman–Crippen LogP) is 3.89. The molecule has 0 fully saturated rings. The molecule has 0 spiro atoms. The van der Waals surface area contributed by atoms with Gasteiger partial charge in [0.1, 0.15) is 17.6 Å². The van der Waals surface area contributed by atoms with E-state index in [1.54, 1.807) is 24.3 Å². The lowest BCUT2D eigenvalue weighted by molar-refractivity contribution is 0.483. The number of anilines is 1. The van der Waals surface area contributed by atoms with Gasteiger partial charge in [-0.2, -0.15) is 5.26 Å². The maximum absolute atomic E-state index is 8.79. The molecule has 0 amide bonds. The molecular weight excluding hydrogens is 248 g/mol. The standard InChI is InChI=1S/C14H11ClN2O/c1-9-2-5-12(15)14(6-9)18-11-4-3-10(8-16)13(17)7-11/h2-7H,17H2,1H3. The third-order valence-electron chi connectivity index (χ3n) is 2.46. The summed E-state index contributed by atoms with van der Waals surface area (Å²) < 4.78 is 5.65. The summed E-state index contributed by atoms with van der Waals surface area (Å²) in [5.41, 5.74) is 7.59. The highest BCUT2D eigenvalue weighted by Gasteiger charge is 2.05. The van der Waals surface area contributed by atoms with Gasteiger partial charge < -0.3 is 10.5 Å². The van der Waals surface area contributed by atoms with E-state index in [9.17, 15) is 0 Å². The van der Waals surface area contributed by atoms with Crippen LogP contribution in [0.5, 0.6) is 11.5 Å². The molecule has 0 saturated carbocycles. The molecule has 0 aliphatic heterocycles. The summed E-state index contributed by atoms with van der Waals surface area (Å²) in [6.45, 7) is 1.95. The van der Waals surface area contributed by atoms with Crippen molar-refractivity contribution in [3.8, 4) is 17.6 Å². The van der Waals surface area contributed by atoms with Crippen molar-refractivity contribution in [1.29, 1.82) is 5.26 Å². The Morgan fingerprint density at radius 1 is 1.22 bits per heavy atom. The Balaban J connectivity index is 2.32. The summed E-state index contributed by atoms with van der Waals surface area (Å²) >= 11 is 6.04. The van der Waals surface area contributed by atoms with Crippen LogP contribution in [-0.4, -0.2) is 0 Å². The molecule has 0 aromatic heterocycles. The Labute approximate surface area is 110 Å². The average Bonchev–Trinajstić information content (AvgIpc) is 2.34. The van der Waals surface area contributed by atoms with Crippen LogP contribution in [0, 0.1) is 18.3 Å². The van der Waals surface area contributed by atoms with Crippen LogP contribution in [0.1, 0.15) is 11.1 Å². The van der Waals surface area contributed by atoms with Crippen LogP contribution in [-0.2, 0) is 0 Å². The molecule has 0 aliphatic rings. The molecule has 0 atom stereocenters. The second-order valence-electron chi connectivity index (χ2n) is 3.90. The number of nitrogens with zero attached hydrogens (tertiary/aromatic N) is 1. The fourth-order valence-electron chi connectivity index (χ4n) is 1.52. The lowest BCUT2D eigenvalue weighted by atomic mass is 10.2. The van der Waals surface area contributed by atoms with Crippen molar-refractivity contribution in [2.75, 3.05) is 5.73 Å². The van der Waals surface area contributed by atoms with Crippen molar-refractivity contribution in [2.24, 2.45) is 0 Å². The Bertz CT molecular complexity index is 632. The summed E-state index contributed by atoms with van der Waals surface area (Å²) in [5, 5.41) is 9.32. The first-order chi connectivity index (χ1) is 8.60. The maximum atomic E-state index is 8.79. The lowest BCUT2D eigenvalue weighted by Gasteiger charge is -2.09. The first-order valence-corrected chi connectivity index (χ1v) is 5.71. The number of rotatable bonds is 2. The van der Waals surface area contributed by atoms with Gasteiger partial charge in [-0.1, -0.05) is 17.7 Å².